The topological polar surface area (TPSA) is 55.6 Å². The molecule has 0 radical (unpaired) electrons. The Balaban J connectivity index is 3.00. The van der Waals surface area contributed by atoms with Crippen molar-refractivity contribution in [3.8, 4) is 5.75 Å². The molecule has 0 aliphatic rings. The zero-order valence-corrected chi connectivity index (χ0v) is 9.23. The number of carbonyl (C=O) groups excluding carboxylic acids is 1. The molecule has 2 N–H and O–H groups in total. The SMILES string of the molecule is COc1ccccc1C(C)C(=O)N(C)N. The van der Waals surface area contributed by atoms with E-state index in [0.29, 0.717) is 5.75 Å². The van der Waals surface area contributed by atoms with Gasteiger partial charge in [0.1, 0.15) is 5.75 Å². The molecular formula is C11H16N2O2. The van der Waals surface area contributed by atoms with Crippen molar-refractivity contribution in [1.82, 2.24) is 5.01 Å². The lowest BCUT2D eigenvalue weighted by Gasteiger charge is -2.18. The minimum Gasteiger partial charge on any atom is -0.496 e. The van der Waals surface area contributed by atoms with Gasteiger partial charge in [0.15, 0.2) is 0 Å². The summed E-state index contributed by atoms with van der Waals surface area (Å²) in [6, 6.07) is 7.43. The molecule has 0 aliphatic heterocycles. The number of benzene rings is 1. The molecule has 4 nitrogen and oxygen atoms in total. The lowest BCUT2D eigenvalue weighted by Crippen LogP contribution is -2.36. The maximum absolute atomic E-state index is 11.7. The fraction of sp³-hybridized carbons (Fsp3) is 0.364. The molecule has 0 heterocycles. The minimum atomic E-state index is -0.295. The first-order valence-corrected chi connectivity index (χ1v) is 4.73. The number of methoxy groups -OCH3 is 1. The van der Waals surface area contributed by atoms with Gasteiger partial charge in [-0.3, -0.25) is 9.80 Å². The molecule has 0 fully saturated rings. The van der Waals surface area contributed by atoms with Gasteiger partial charge in [0.2, 0.25) is 5.91 Å². The van der Waals surface area contributed by atoms with Crippen molar-refractivity contribution in [1.29, 1.82) is 0 Å². The molecule has 4 heteroatoms. The zero-order valence-electron chi connectivity index (χ0n) is 9.23. The first kappa shape index (κ1) is 11.5. The van der Waals surface area contributed by atoms with E-state index in [0.717, 1.165) is 10.6 Å². The molecule has 0 saturated carbocycles. The van der Waals surface area contributed by atoms with Crippen LogP contribution in [0.5, 0.6) is 5.75 Å². The first-order valence-electron chi connectivity index (χ1n) is 4.73. The lowest BCUT2D eigenvalue weighted by atomic mass is 9.99. The first-order chi connectivity index (χ1) is 7.07. The van der Waals surface area contributed by atoms with E-state index in [9.17, 15) is 4.79 Å². The summed E-state index contributed by atoms with van der Waals surface area (Å²) >= 11 is 0. The number of hydrogen-bond acceptors (Lipinski definition) is 3. The standard InChI is InChI=1S/C11H16N2O2/c1-8(11(14)13(2)12)9-6-4-5-7-10(9)15-3/h4-8H,12H2,1-3H3. The highest BCUT2D eigenvalue weighted by Gasteiger charge is 2.20. The zero-order chi connectivity index (χ0) is 11.4. The Bertz CT molecular complexity index is 350. The molecule has 0 aromatic heterocycles. The van der Waals surface area contributed by atoms with Gasteiger partial charge in [-0.2, -0.15) is 0 Å². The number of rotatable bonds is 3. The molecule has 1 aromatic carbocycles. The third-order valence-electron chi connectivity index (χ3n) is 2.32. The van der Waals surface area contributed by atoms with Gasteiger partial charge in [-0.15, -0.1) is 0 Å². The number of ether oxygens (including phenoxy) is 1. The molecule has 0 aliphatic carbocycles. The molecule has 82 valence electrons. The Morgan fingerprint density at radius 1 is 1.47 bits per heavy atom. The highest BCUT2D eigenvalue weighted by molar-refractivity contribution is 5.83. The van der Waals surface area contributed by atoms with Crippen molar-refractivity contribution in [2.75, 3.05) is 14.2 Å². The van der Waals surface area contributed by atoms with Gasteiger partial charge in [-0.05, 0) is 13.0 Å². The van der Waals surface area contributed by atoms with Gasteiger partial charge in [0, 0.05) is 12.6 Å². The quantitative estimate of drug-likeness (QED) is 0.460. The lowest BCUT2D eigenvalue weighted by molar-refractivity contribution is -0.131. The summed E-state index contributed by atoms with van der Waals surface area (Å²) in [7, 11) is 3.12. The van der Waals surface area contributed by atoms with Gasteiger partial charge < -0.3 is 4.74 Å². The molecule has 0 spiro atoms. The van der Waals surface area contributed by atoms with Crippen LogP contribution < -0.4 is 10.6 Å². The van der Waals surface area contributed by atoms with Crippen LogP contribution in [0.25, 0.3) is 0 Å². The van der Waals surface area contributed by atoms with Crippen molar-refractivity contribution < 1.29 is 9.53 Å². The number of nitrogens with zero attached hydrogens (tertiary/aromatic N) is 1. The summed E-state index contributed by atoms with van der Waals surface area (Å²) in [4.78, 5) is 11.7. The van der Waals surface area contributed by atoms with Crippen molar-refractivity contribution in [3.63, 3.8) is 0 Å². The second-order valence-electron chi connectivity index (χ2n) is 3.41. The smallest absolute Gasteiger partial charge is 0.243 e. The van der Waals surface area contributed by atoms with E-state index in [1.165, 1.54) is 7.05 Å². The van der Waals surface area contributed by atoms with Gasteiger partial charge in [0.05, 0.1) is 13.0 Å². The highest BCUT2D eigenvalue weighted by atomic mass is 16.5. The average molecular weight is 208 g/mol. The maximum atomic E-state index is 11.7. The number of hydrogen-bond donors (Lipinski definition) is 1. The Morgan fingerprint density at radius 2 is 2.07 bits per heavy atom. The number of nitrogens with two attached hydrogens (primary N) is 1. The van der Waals surface area contributed by atoms with E-state index in [1.807, 2.05) is 31.2 Å². The fourth-order valence-electron chi connectivity index (χ4n) is 1.46. The van der Waals surface area contributed by atoms with Gasteiger partial charge in [-0.1, -0.05) is 18.2 Å². The van der Waals surface area contributed by atoms with Crippen molar-refractivity contribution >= 4 is 5.91 Å². The summed E-state index contributed by atoms with van der Waals surface area (Å²) in [5.41, 5.74) is 0.849. The Labute approximate surface area is 89.6 Å². The third-order valence-corrected chi connectivity index (χ3v) is 2.32. The van der Waals surface area contributed by atoms with E-state index < -0.39 is 0 Å². The summed E-state index contributed by atoms with van der Waals surface area (Å²) < 4.78 is 5.18. The summed E-state index contributed by atoms with van der Waals surface area (Å²) in [5, 5.41) is 1.09. The van der Waals surface area contributed by atoms with Crippen molar-refractivity contribution in [2.45, 2.75) is 12.8 Å². The summed E-state index contributed by atoms with van der Waals surface area (Å²) in [6.07, 6.45) is 0. The number of hydrazine groups is 1. The van der Waals surface area contributed by atoms with Crippen LogP contribution in [-0.4, -0.2) is 25.1 Å². The van der Waals surface area contributed by atoms with Gasteiger partial charge in [0.25, 0.3) is 0 Å². The number of amides is 1. The number of para-hydroxylation sites is 1. The molecule has 1 amide bonds. The Hall–Kier alpha value is -1.55. The van der Waals surface area contributed by atoms with Crippen LogP contribution in [0.3, 0.4) is 0 Å². The third kappa shape index (κ3) is 2.47. The van der Waals surface area contributed by atoms with E-state index >= 15 is 0 Å². The predicted octanol–water partition coefficient (Wildman–Crippen LogP) is 1.13. The van der Waals surface area contributed by atoms with E-state index in [4.69, 9.17) is 10.6 Å². The monoisotopic (exact) mass is 208 g/mol. The van der Waals surface area contributed by atoms with Crippen LogP contribution in [0, 0.1) is 0 Å². The molecule has 1 unspecified atom stereocenters. The molecule has 1 atom stereocenters. The largest absolute Gasteiger partial charge is 0.496 e. The van der Waals surface area contributed by atoms with Crippen LogP contribution in [0.1, 0.15) is 18.4 Å². The summed E-state index contributed by atoms with van der Waals surface area (Å²) in [5.74, 6) is 5.68. The molecule has 0 saturated heterocycles. The van der Waals surface area contributed by atoms with E-state index in [2.05, 4.69) is 0 Å². The molecule has 15 heavy (non-hydrogen) atoms. The second kappa shape index (κ2) is 4.79. The van der Waals surface area contributed by atoms with Crippen LogP contribution in [0.15, 0.2) is 24.3 Å². The van der Waals surface area contributed by atoms with E-state index in [-0.39, 0.29) is 11.8 Å². The normalized spacial score (nSPS) is 12.0. The van der Waals surface area contributed by atoms with Gasteiger partial charge >= 0.3 is 0 Å². The summed E-state index contributed by atoms with van der Waals surface area (Å²) in [6.45, 7) is 1.81. The van der Waals surface area contributed by atoms with Crippen LogP contribution in [0.4, 0.5) is 0 Å². The maximum Gasteiger partial charge on any atom is 0.243 e. The molecule has 1 aromatic rings. The van der Waals surface area contributed by atoms with Gasteiger partial charge in [-0.25, -0.2) is 5.84 Å². The van der Waals surface area contributed by atoms with E-state index in [1.54, 1.807) is 7.11 Å². The van der Waals surface area contributed by atoms with Crippen molar-refractivity contribution in [2.24, 2.45) is 5.84 Å². The molecule has 0 bridgehead atoms. The number of carbonyl (C=O) groups is 1. The Morgan fingerprint density at radius 3 is 2.60 bits per heavy atom. The molecular weight excluding hydrogens is 192 g/mol. The Kier molecular flexibility index (Phi) is 3.68. The average Bonchev–Trinajstić information content (AvgIpc) is 2.26. The predicted molar refractivity (Wildman–Crippen MR) is 58.4 cm³/mol. The van der Waals surface area contributed by atoms with Crippen LogP contribution in [0.2, 0.25) is 0 Å². The fourth-order valence-corrected chi connectivity index (χ4v) is 1.46. The second-order valence-corrected chi connectivity index (χ2v) is 3.41. The van der Waals surface area contributed by atoms with Crippen molar-refractivity contribution in [3.05, 3.63) is 29.8 Å². The van der Waals surface area contributed by atoms with Crippen LogP contribution in [-0.2, 0) is 4.79 Å². The molecule has 1 rings (SSSR count). The highest BCUT2D eigenvalue weighted by Crippen LogP contribution is 2.26. The number of likely N-dealkylation sites (N-methyl/N-ethyl adjacent to an activating group) is 1. The van der Waals surface area contributed by atoms with Crippen LogP contribution >= 0.6 is 0 Å². The minimum absolute atomic E-state index is 0.139.